The molecule has 0 bridgehead atoms. The first-order valence-corrected chi connectivity index (χ1v) is 17.1. The molecule has 2 aliphatic rings. The number of carbonyl (C=O) groups is 1. The Labute approximate surface area is 269 Å². The molecule has 0 unspecified atom stereocenters. The number of ether oxygens (including phenoxy) is 1. The number of benzene rings is 2. The van der Waals surface area contributed by atoms with Crippen LogP contribution in [0.3, 0.4) is 0 Å². The Morgan fingerprint density at radius 1 is 1.09 bits per heavy atom. The van der Waals surface area contributed by atoms with Gasteiger partial charge in [-0.1, -0.05) is 6.07 Å². The number of likely N-dealkylation sites (tertiary alicyclic amines) is 1. The summed E-state index contributed by atoms with van der Waals surface area (Å²) in [6, 6.07) is 10.3. The maximum Gasteiger partial charge on any atom is 0.269 e. The molecule has 0 spiro atoms. The number of hydrogen-bond acceptors (Lipinski definition) is 8. The molecule has 2 fully saturated rings. The Hall–Kier alpha value is -3.85. The molecule has 46 heavy (non-hydrogen) atoms. The number of anilines is 2. The number of carbonyl (C=O) groups excluding carboxylic acids is 1. The fourth-order valence-electron chi connectivity index (χ4n) is 5.74. The van der Waals surface area contributed by atoms with Crippen molar-refractivity contribution in [1.82, 2.24) is 14.9 Å². The number of nitrogens with one attached hydrogen (secondary N) is 1. The van der Waals surface area contributed by atoms with Crippen LogP contribution in [0.15, 0.2) is 59.6 Å². The second-order valence-electron chi connectivity index (χ2n) is 11.4. The fraction of sp³-hybridized carbons (Fsp3) is 0.344. The SMILES string of the molecule is COCN(c1cccc(-c2nc(C3CCN(C4CC4)CC3)sc2-c2ccnc(NC(C)=O)c2)c1F)S(=O)(=O)c1cc(F)ccc1F. The Morgan fingerprint density at radius 3 is 2.54 bits per heavy atom. The summed E-state index contributed by atoms with van der Waals surface area (Å²) in [5.41, 5.74) is 0.519. The molecule has 14 heteroatoms. The van der Waals surface area contributed by atoms with Crippen molar-refractivity contribution in [3.8, 4) is 21.7 Å². The van der Waals surface area contributed by atoms with Crippen molar-refractivity contribution < 1.29 is 31.1 Å². The highest BCUT2D eigenvalue weighted by Gasteiger charge is 2.35. The summed E-state index contributed by atoms with van der Waals surface area (Å²) in [4.78, 5) is 23.1. The summed E-state index contributed by atoms with van der Waals surface area (Å²) in [6.45, 7) is 2.60. The lowest BCUT2D eigenvalue weighted by Gasteiger charge is -2.30. The van der Waals surface area contributed by atoms with Gasteiger partial charge in [-0.05, 0) is 86.8 Å². The number of nitrogens with zero attached hydrogens (tertiary/aromatic N) is 4. The van der Waals surface area contributed by atoms with Crippen LogP contribution in [0.25, 0.3) is 21.7 Å². The highest BCUT2D eigenvalue weighted by atomic mass is 32.2. The first-order chi connectivity index (χ1) is 22.1. The molecule has 3 heterocycles. The lowest BCUT2D eigenvalue weighted by molar-refractivity contribution is -0.114. The molecule has 0 radical (unpaired) electrons. The van der Waals surface area contributed by atoms with E-state index in [0.717, 1.165) is 37.0 Å². The van der Waals surface area contributed by atoms with E-state index < -0.39 is 44.8 Å². The van der Waals surface area contributed by atoms with Crippen LogP contribution >= 0.6 is 11.3 Å². The van der Waals surface area contributed by atoms with Crippen molar-refractivity contribution in [2.45, 2.75) is 49.5 Å². The van der Waals surface area contributed by atoms with Crippen LogP contribution in [0.5, 0.6) is 0 Å². The minimum absolute atomic E-state index is 0.0133. The predicted molar refractivity (Wildman–Crippen MR) is 170 cm³/mol. The van der Waals surface area contributed by atoms with Crippen LogP contribution in [-0.4, -0.2) is 62.2 Å². The quantitative estimate of drug-likeness (QED) is 0.195. The van der Waals surface area contributed by atoms with Crippen LogP contribution < -0.4 is 9.62 Å². The second-order valence-corrected chi connectivity index (χ2v) is 14.2. The lowest BCUT2D eigenvalue weighted by atomic mass is 9.97. The topological polar surface area (TPSA) is 105 Å². The Kier molecular flexibility index (Phi) is 9.15. The number of aromatic nitrogens is 2. The standard InChI is InChI=1S/C32H32F3N5O4S2/c1-19(41)37-28-16-21(10-13-36-28)31-30(38-32(45-31)20-11-14-39(15-12-20)23-7-8-23)24-4-3-5-26(29(24)35)40(18-44-2)46(42,43)27-17-22(33)6-9-25(27)34/h3-6,9-10,13,16-17,20,23H,7-8,11-12,14-15,18H2,1-2H3,(H,36,37,41). The van der Waals surface area contributed by atoms with E-state index in [0.29, 0.717) is 38.7 Å². The molecular formula is C32H32F3N5O4S2. The lowest BCUT2D eigenvalue weighted by Crippen LogP contribution is -2.34. The largest absolute Gasteiger partial charge is 0.363 e. The van der Waals surface area contributed by atoms with Gasteiger partial charge < -0.3 is 15.0 Å². The molecule has 4 aromatic rings. The van der Waals surface area contributed by atoms with E-state index in [4.69, 9.17) is 9.72 Å². The van der Waals surface area contributed by atoms with E-state index in [1.54, 1.807) is 12.1 Å². The zero-order valence-electron chi connectivity index (χ0n) is 25.2. The Bertz CT molecular complexity index is 1880. The zero-order valence-corrected chi connectivity index (χ0v) is 26.8. The van der Waals surface area contributed by atoms with E-state index in [9.17, 15) is 22.0 Å². The molecule has 1 amide bonds. The molecule has 1 N–H and O–H groups in total. The first kappa shape index (κ1) is 32.1. The Morgan fingerprint density at radius 2 is 1.85 bits per heavy atom. The summed E-state index contributed by atoms with van der Waals surface area (Å²) in [6.07, 6.45) is 5.79. The van der Waals surface area contributed by atoms with Gasteiger partial charge in [-0.25, -0.2) is 35.9 Å². The van der Waals surface area contributed by atoms with E-state index in [2.05, 4.69) is 15.2 Å². The number of hydrogen-bond donors (Lipinski definition) is 1. The molecule has 0 atom stereocenters. The van der Waals surface area contributed by atoms with Gasteiger partial charge in [0.15, 0.2) is 5.82 Å². The molecule has 1 aliphatic carbocycles. The summed E-state index contributed by atoms with van der Waals surface area (Å²) in [7, 11) is -3.60. The third-order valence-corrected chi connectivity index (χ3v) is 11.1. The van der Waals surface area contributed by atoms with Crippen LogP contribution in [0.4, 0.5) is 24.7 Å². The van der Waals surface area contributed by atoms with Crippen LogP contribution in [0.1, 0.15) is 43.5 Å². The van der Waals surface area contributed by atoms with Crippen molar-refractivity contribution in [3.05, 3.63) is 77.2 Å². The van der Waals surface area contributed by atoms with Gasteiger partial charge in [0.05, 0.1) is 21.3 Å². The third kappa shape index (κ3) is 6.52. The van der Waals surface area contributed by atoms with Gasteiger partial charge >= 0.3 is 0 Å². The van der Waals surface area contributed by atoms with Crippen molar-refractivity contribution in [3.63, 3.8) is 0 Å². The van der Waals surface area contributed by atoms with Crippen LogP contribution in [0.2, 0.25) is 0 Å². The van der Waals surface area contributed by atoms with Gasteiger partial charge in [0, 0.05) is 37.8 Å². The number of methoxy groups -OCH3 is 1. The monoisotopic (exact) mass is 671 g/mol. The van der Waals surface area contributed by atoms with Crippen molar-refractivity contribution in [2.24, 2.45) is 0 Å². The smallest absolute Gasteiger partial charge is 0.269 e. The molecule has 2 aromatic carbocycles. The van der Waals surface area contributed by atoms with Crippen LogP contribution in [-0.2, 0) is 19.6 Å². The fourth-order valence-corrected chi connectivity index (χ4v) is 8.44. The summed E-state index contributed by atoms with van der Waals surface area (Å²) in [5, 5.41) is 3.49. The summed E-state index contributed by atoms with van der Waals surface area (Å²) >= 11 is 1.42. The van der Waals surface area contributed by atoms with E-state index in [1.807, 2.05) is 0 Å². The highest BCUT2D eigenvalue weighted by Crippen LogP contribution is 2.45. The number of amides is 1. The number of piperidine rings is 1. The summed E-state index contributed by atoms with van der Waals surface area (Å²) < 4.78 is 78.2. The average molecular weight is 672 g/mol. The number of sulfonamides is 1. The van der Waals surface area contributed by atoms with Crippen molar-refractivity contribution in [2.75, 3.05) is 36.6 Å². The van der Waals surface area contributed by atoms with Gasteiger partial charge in [0.1, 0.15) is 29.1 Å². The Balaban J connectivity index is 1.45. The zero-order chi connectivity index (χ0) is 32.6. The number of thiazole rings is 1. The molecule has 9 nitrogen and oxygen atoms in total. The number of halogens is 3. The molecular weight excluding hydrogens is 640 g/mol. The van der Waals surface area contributed by atoms with Gasteiger partial charge in [-0.15, -0.1) is 11.3 Å². The van der Waals surface area contributed by atoms with E-state index >= 15 is 4.39 Å². The molecule has 1 saturated carbocycles. The van der Waals surface area contributed by atoms with Gasteiger partial charge in [-0.3, -0.25) is 4.79 Å². The minimum atomic E-state index is -4.81. The molecule has 242 valence electrons. The van der Waals surface area contributed by atoms with Gasteiger partial charge in [0.25, 0.3) is 10.0 Å². The van der Waals surface area contributed by atoms with Gasteiger partial charge in [0.2, 0.25) is 5.91 Å². The number of rotatable bonds is 10. The maximum absolute atomic E-state index is 16.7. The predicted octanol–water partition coefficient (Wildman–Crippen LogP) is 6.39. The van der Waals surface area contributed by atoms with Crippen molar-refractivity contribution >= 4 is 38.8 Å². The third-order valence-electron chi connectivity index (χ3n) is 8.12. The van der Waals surface area contributed by atoms with Gasteiger partial charge in [-0.2, -0.15) is 0 Å². The second kappa shape index (κ2) is 13.1. The maximum atomic E-state index is 16.7. The van der Waals surface area contributed by atoms with E-state index in [1.165, 1.54) is 62.6 Å². The molecule has 2 aromatic heterocycles. The molecule has 6 rings (SSSR count). The van der Waals surface area contributed by atoms with Crippen LogP contribution in [0, 0.1) is 17.5 Å². The molecule has 1 aliphatic heterocycles. The summed E-state index contributed by atoms with van der Waals surface area (Å²) in [5.74, 6) is -2.93. The highest BCUT2D eigenvalue weighted by molar-refractivity contribution is 7.92. The minimum Gasteiger partial charge on any atom is -0.363 e. The normalized spacial score (nSPS) is 16.0. The first-order valence-electron chi connectivity index (χ1n) is 14.8. The average Bonchev–Trinajstić information content (AvgIpc) is 3.79. The van der Waals surface area contributed by atoms with Crippen molar-refractivity contribution in [1.29, 1.82) is 0 Å². The molecule has 1 saturated heterocycles. The van der Waals surface area contributed by atoms with E-state index in [-0.39, 0.29) is 23.1 Å². The number of pyridine rings is 1.